The second-order valence-corrected chi connectivity index (χ2v) is 9.19. The van der Waals surface area contributed by atoms with E-state index in [2.05, 4.69) is 24.3 Å². The van der Waals surface area contributed by atoms with Crippen molar-refractivity contribution < 1.29 is 9.18 Å². The van der Waals surface area contributed by atoms with Gasteiger partial charge in [-0.3, -0.25) is 9.59 Å². The number of carbonyl (C=O) groups excluding carboxylic acids is 1. The fourth-order valence-corrected chi connectivity index (χ4v) is 4.97. The van der Waals surface area contributed by atoms with Gasteiger partial charge in [0.25, 0.3) is 5.56 Å². The Kier molecular flexibility index (Phi) is 6.17. The predicted molar refractivity (Wildman–Crippen MR) is 123 cm³/mol. The second kappa shape index (κ2) is 8.88. The summed E-state index contributed by atoms with van der Waals surface area (Å²) in [4.78, 5) is 25.9. The maximum atomic E-state index is 14.2. The monoisotopic (exact) mass is 438 g/mol. The first-order valence-electron chi connectivity index (χ1n) is 11.4. The van der Waals surface area contributed by atoms with Crippen molar-refractivity contribution in [2.75, 3.05) is 0 Å². The van der Waals surface area contributed by atoms with E-state index in [0.29, 0.717) is 29.3 Å². The van der Waals surface area contributed by atoms with Gasteiger partial charge in [0.1, 0.15) is 12.4 Å². The van der Waals surface area contributed by atoms with Crippen molar-refractivity contribution in [1.82, 2.24) is 19.7 Å². The SMILES string of the molecule is Cc1c2cnn(CC(=O)N[C@@H]3CCC[C@H](C)[C@@H]3C)c(=O)c2c(C)n1Cc1ccccc1F. The third-order valence-corrected chi connectivity index (χ3v) is 7.24. The van der Waals surface area contributed by atoms with E-state index in [1.165, 1.54) is 17.2 Å². The number of aromatic nitrogens is 3. The number of benzene rings is 1. The lowest BCUT2D eigenvalue weighted by Gasteiger charge is -2.34. The van der Waals surface area contributed by atoms with Gasteiger partial charge in [0.15, 0.2) is 0 Å². The summed E-state index contributed by atoms with van der Waals surface area (Å²) >= 11 is 0. The summed E-state index contributed by atoms with van der Waals surface area (Å²) in [6.45, 7) is 8.38. The van der Waals surface area contributed by atoms with E-state index in [9.17, 15) is 14.0 Å². The van der Waals surface area contributed by atoms with E-state index in [1.54, 1.807) is 24.4 Å². The van der Waals surface area contributed by atoms with Gasteiger partial charge < -0.3 is 9.88 Å². The summed E-state index contributed by atoms with van der Waals surface area (Å²) < 4.78 is 17.4. The molecule has 6 nitrogen and oxygen atoms in total. The molecule has 0 saturated heterocycles. The van der Waals surface area contributed by atoms with Gasteiger partial charge in [0, 0.05) is 28.4 Å². The van der Waals surface area contributed by atoms with Crippen molar-refractivity contribution in [3.63, 3.8) is 0 Å². The Hall–Kier alpha value is -2.96. The number of hydrogen-bond donors (Lipinski definition) is 1. The predicted octanol–water partition coefficient (Wildman–Crippen LogP) is 3.94. The molecule has 0 spiro atoms. The maximum Gasteiger partial charge on any atom is 0.276 e. The molecule has 0 unspecified atom stereocenters. The van der Waals surface area contributed by atoms with Crippen LogP contribution in [0, 0.1) is 31.5 Å². The van der Waals surface area contributed by atoms with Crippen LogP contribution in [0.1, 0.15) is 50.1 Å². The van der Waals surface area contributed by atoms with Gasteiger partial charge in [-0.2, -0.15) is 5.10 Å². The number of nitrogens with one attached hydrogen (secondary N) is 1. The molecule has 1 aromatic carbocycles. The van der Waals surface area contributed by atoms with Crippen molar-refractivity contribution in [2.45, 2.75) is 66.1 Å². The third-order valence-electron chi connectivity index (χ3n) is 7.24. The highest BCUT2D eigenvalue weighted by Gasteiger charge is 2.28. The molecule has 3 aromatic rings. The molecule has 0 aliphatic heterocycles. The molecule has 32 heavy (non-hydrogen) atoms. The van der Waals surface area contributed by atoms with Crippen LogP contribution in [-0.4, -0.2) is 26.3 Å². The summed E-state index contributed by atoms with van der Waals surface area (Å²) in [6.07, 6.45) is 4.90. The minimum Gasteiger partial charge on any atom is -0.351 e. The van der Waals surface area contributed by atoms with Crippen molar-refractivity contribution in [3.05, 3.63) is 63.6 Å². The number of hydrogen-bond acceptors (Lipinski definition) is 3. The van der Waals surface area contributed by atoms with Crippen LogP contribution in [0.2, 0.25) is 0 Å². The second-order valence-electron chi connectivity index (χ2n) is 9.19. The van der Waals surface area contributed by atoms with Crippen molar-refractivity contribution in [2.24, 2.45) is 11.8 Å². The summed E-state index contributed by atoms with van der Waals surface area (Å²) in [6, 6.07) is 6.77. The highest BCUT2D eigenvalue weighted by atomic mass is 19.1. The number of fused-ring (bicyclic) bond motifs is 1. The van der Waals surface area contributed by atoms with Gasteiger partial charge in [-0.15, -0.1) is 0 Å². The van der Waals surface area contributed by atoms with Gasteiger partial charge in [-0.1, -0.05) is 44.9 Å². The lowest BCUT2D eigenvalue weighted by Crippen LogP contribution is -2.45. The van der Waals surface area contributed by atoms with Crippen LogP contribution in [0.25, 0.3) is 10.8 Å². The lowest BCUT2D eigenvalue weighted by atomic mass is 9.78. The van der Waals surface area contributed by atoms with E-state index in [0.717, 1.165) is 29.6 Å². The fraction of sp³-hybridized carbons (Fsp3) is 0.480. The minimum absolute atomic E-state index is 0.108. The number of carbonyl (C=O) groups is 1. The van der Waals surface area contributed by atoms with Gasteiger partial charge in [-0.05, 0) is 38.2 Å². The van der Waals surface area contributed by atoms with Crippen molar-refractivity contribution >= 4 is 16.7 Å². The smallest absolute Gasteiger partial charge is 0.276 e. The lowest BCUT2D eigenvalue weighted by molar-refractivity contribution is -0.123. The summed E-state index contributed by atoms with van der Waals surface area (Å²) in [5.41, 5.74) is 1.86. The van der Waals surface area contributed by atoms with Gasteiger partial charge in [0.05, 0.1) is 18.1 Å². The van der Waals surface area contributed by atoms with E-state index < -0.39 is 0 Å². The fourth-order valence-electron chi connectivity index (χ4n) is 4.97. The number of aryl methyl sites for hydroxylation is 2. The van der Waals surface area contributed by atoms with Gasteiger partial charge in [0.2, 0.25) is 5.91 Å². The van der Waals surface area contributed by atoms with Crippen molar-refractivity contribution in [1.29, 1.82) is 0 Å². The molecule has 1 aliphatic carbocycles. The third kappa shape index (κ3) is 4.08. The van der Waals surface area contributed by atoms with E-state index in [-0.39, 0.29) is 29.9 Å². The molecule has 0 bridgehead atoms. The van der Waals surface area contributed by atoms with Crippen LogP contribution in [0.3, 0.4) is 0 Å². The van der Waals surface area contributed by atoms with Crippen molar-refractivity contribution in [3.8, 4) is 0 Å². The molecule has 170 valence electrons. The normalized spacial score (nSPS) is 21.1. The van der Waals surface area contributed by atoms with Crippen LogP contribution in [0.4, 0.5) is 4.39 Å². The first kappa shape index (κ1) is 22.2. The van der Waals surface area contributed by atoms with E-state index >= 15 is 0 Å². The molecular formula is C25H31FN4O2. The molecular weight excluding hydrogens is 407 g/mol. The van der Waals surface area contributed by atoms with Crippen LogP contribution < -0.4 is 10.9 Å². The zero-order valence-corrected chi connectivity index (χ0v) is 19.2. The highest BCUT2D eigenvalue weighted by molar-refractivity contribution is 5.87. The van der Waals surface area contributed by atoms with Crippen LogP contribution in [-0.2, 0) is 17.9 Å². The molecule has 1 N–H and O–H groups in total. The summed E-state index contributed by atoms with van der Waals surface area (Å²) in [5.74, 6) is 0.524. The molecule has 3 atom stereocenters. The molecule has 0 radical (unpaired) electrons. The Bertz CT molecular complexity index is 1210. The molecule has 1 amide bonds. The zero-order valence-electron chi connectivity index (χ0n) is 19.2. The van der Waals surface area contributed by atoms with E-state index in [4.69, 9.17) is 0 Å². The average Bonchev–Trinajstić information content (AvgIpc) is 3.00. The molecule has 1 aliphatic rings. The Balaban J connectivity index is 1.60. The standard InChI is InChI=1S/C25H31FN4O2/c1-15-8-7-11-22(16(15)2)28-23(31)14-30-25(32)24-18(4)29(17(3)20(24)12-27-30)13-19-9-5-6-10-21(19)26/h5-6,9-10,12,15-16,22H,7-8,11,13-14H2,1-4H3,(H,28,31)/t15-,16-,22+/m0/s1. The molecule has 1 fully saturated rings. The average molecular weight is 439 g/mol. The minimum atomic E-state index is -0.296. The Morgan fingerprint density at radius 3 is 2.69 bits per heavy atom. The summed E-state index contributed by atoms with van der Waals surface area (Å²) in [5, 5.41) is 8.64. The van der Waals surface area contributed by atoms with Crippen LogP contribution in [0.15, 0.2) is 35.3 Å². The largest absolute Gasteiger partial charge is 0.351 e. The van der Waals surface area contributed by atoms with E-state index in [1.807, 2.05) is 18.4 Å². The Labute approximate surface area is 187 Å². The molecule has 4 rings (SSSR count). The summed E-state index contributed by atoms with van der Waals surface area (Å²) in [7, 11) is 0. The number of amides is 1. The first-order valence-corrected chi connectivity index (χ1v) is 11.4. The highest BCUT2D eigenvalue weighted by Crippen LogP contribution is 2.29. The van der Waals surface area contributed by atoms with Crippen LogP contribution in [0.5, 0.6) is 0 Å². The Morgan fingerprint density at radius 2 is 1.94 bits per heavy atom. The first-order chi connectivity index (χ1) is 15.3. The molecule has 2 aromatic heterocycles. The quantitative estimate of drug-likeness (QED) is 0.656. The molecule has 7 heteroatoms. The van der Waals surface area contributed by atoms with Crippen LogP contribution >= 0.6 is 0 Å². The number of nitrogens with zero attached hydrogens (tertiary/aromatic N) is 3. The van der Waals surface area contributed by atoms with Gasteiger partial charge in [-0.25, -0.2) is 9.07 Å². The number of rotatable bonds is 5. The van der Waals surface area contributed by atoms with Gasteiger partial charge >= 0.3 is 0 Å². The topological polar surface area (TPSA) is 68.9 Å². The molecule has 2 heterocycles. The number of halogens is 1. The maximum absolute atomic E-state index is 14.2. The zero-order chi connectivity index (χ0) is 23.0. The molecule has 1 saturated carbocycles. The Morgan fingerprint density at radius 1 is 1.19 bits per heavy atom.